The van der Waals surface area contributed by atoms with Crippen molar-refractivity contribution in [3.05, 3.63) is 29.3 Å². The Morgan fingerprint density at radius 1 is 1.42 bits per heavy atom. The number of thioether (sulfide) groups is 1. The van der Waals surface area contributed by atoms with Crippen LogP contribution in [0.5, 0.6) is 0 Å². The van der Waals surface area contributed by atoms with Crippen molar-refractivity contribution in [3.8, 4) is 0 Å². The standard InChI is InChI=1S/C14H19Cl2NOS/c1-2-17-11(8-13(15)16)14(18)10-4-3-9-5-6-19-12(9)7-10/h3-4,7,11,13-14,17-18H,2,5-6,8H2,1H3. The van der Waals surface area contributed by atoms with Gasteiger partial charge in [0.25, 0.3) is 0 Å². The molecule has 1 heterocycles. The predicted octanol–water partition coefficient (Wildman–Crippen LogP) is 3.54. The maximum atomic E-state index is 10.5. The first-order valence-electron chi connectivity index (χ1n) is 6.57. The highest BCUT2D eigenvalue weighted by Gasteiger charge is 2.23. The van der Waals surface area contributed by atoms with E-state index in [1.165, 1.54) is 10.5 Å². The fourth-order valence-corrected chi connectivity index (χ4v) is 3.88. The molecule has 0 fully saturated rings. The Hall–Kier alpha value is 0.0700. The zero-order chi connectivity index (χ0) is 13.8. The third kappa shape index (κ3) is 4.02. The molecule has 2 unspecified atom stereocenters. The molecule has 0 radical (unpaired) electrons. The summed E-state index contributed by atoms with van der Waals surface area (Å²) < 4.78 is 0. The van der Waals surface area contributed by atoms with Crippen molar-refractivity contribution in [1.29, 1.82) is 0 Å². The fraction of sp³-hybridized carbons (Fsp3) is 0.571. The molecule has 19 heavy (non-hydrogen) atoms. The van der Waals surface area contributed by atoms with Crippen molar-refractivity contribution in [2.45, 2.75) is 41.6 Å². The van der Waals surface area contributed by atoms with Gasteiger partial charge >= 0.3 is 0 Å². The number of halogens is 2. The molecule has 2 nitrogen and oxygen atoms in total. The van der Waals surface area contributed by atoms with Gasteiger partial charge in [0, 0.05) is 16.7 Å². The van der Waals surface area contributed by atoms with Gasteiger partial charge in [-0.05, 0) is 36.6 Å². The molecule has 1 aromatic carbocycles. The van der Waals surface area contributed by atoms with E-state index in [-0.39, 0.29) is 6.04 Å². The normalized spacial score (nSPS) is 17.5. The van der Waals surface area contributed by atoms with E-state index in [1.807, 2.05) is 24.8 Å². The summed E-state index contributed by atoms with van der Waals surface area (Å²) in [5, 5.41) is 13.8. The minimum Gasteiger partial charge on any atom is -0.387 e. The Bertz CT molecular complexity index is 428. The second-order valence-corrected chi connectivity index (χ2v) is 7.12. The van der Waals surface area contributed by atoms with E-state index in [2.05, 4.69) is 17.4 Å². The summed E-state index contributed by atoms with van der Waals surface area (Å²) in [6.45, 7) is 2.79. The molecule has 106 valence electrons. The SMILES string of the molecule is CCNC(CC(Cl)Cl)C(O)c1ccc2c(c1)SCC2. The molecule has 0 bridgehead atoms. The third-order valence-electron chi connectivity index (χ3n) is 3.34. The quantitative estimate of drug-likeness (QED) is 0.787. The summed E-state index contributed by atoms with van der Waals surface area (Å²) in [6.07, 6.45) is 1.08. The van der Waals surface area contributed by atoms with Crippen LogP contribution in [0.25, 0.3) is 0 Å². The highest BCUT2D eigenvalue weighted by molar-refractivity contribution is 7.99. The number of fused-ring (bicyclic) bond motifs is 1. The zero-order valence-electron chi connectivity index (χ0n) is 10.9. The van der Waals surface area contributed by atoms with Crippen molar-refractivity contribution in [2.24, 2.45) is 0 Å². The zero-order valence-corrected chi connectivity index (χ0v) is 13.2. The second-order valence-electron chi connectivity index (χ2n) is 4.70. The van der Waals surface area contributed by atoms with Crippen LogP contribution in [0.15, 0.2) is 23.1 Å². The number of hydrogen-bond donors (Lipinski definition) is 2. The van der Waals surface area contributed by atoms with Crippen molar-refractivity contribution < 1.29 is 5.11 Å². The van der Waals surface area contributed by atoms with Gasteiger partial charge in [0.05, 0.1) is 6.10 Å². The molecule has 0 saturated carbocycles. The van der Waals surface area contributed by atoms with Crippen LogP contribution in [0.4, 0.5) is 0 Å². The van der Waals surface area contributed by atoms with Crippen LogP contribution in [-0.4, -0.2) is 28.3 Å². The van der Waals surface area contributed by atoms with Gasteiger partial charge < -0.3 is 10.4 Å². The largest absolute Gasteiger partial charge is 0.387 e. The summed E-state index contributed by atoms with van der Waals surface area (Å²) >= 11 is 13.5. The molecular weight excluding hydrogens is 301 g/mol. The van der Waals surface area contributed by atoms with E-state index in [1.54, 1.807) is 0 Å². The van der Waals surface area contributed by atoms with E-state index < -0.39 is 10.9 Å². The summed E-state index contributed by atoms with van der Waals surface area (Å²) in [5.74, 6) is 1.14. The molecule has 2 N–H and O–H groups in total. The molecule has 0 aliphatic carbocycles. The number of aliphatic hydroxyl groups excluding tert-OH is 1. The first kappa shape index (κ1) is 15.5. The first-order chi connectivity index (χ1) is 9.11. The Morgan fingerprint density at radius 2 is 2.21 bits per heavy atom. The van der Waals surface area contributed by atoms with Gasteiger partial charge in [-0.2, -0.15) is 0 Å². The lowest BCUT2D eigenvalue weighted by Gasteiger charge is -2.25. The molecule has 0 spiro atoms. The number of aryl methyl sites for hydroxylation is 1. The van der Waals surface area contributed by atoms with Crippen LogP contribution in [0, 0.1) is 0 Å². The summed E-state index contributed by atoms with van der Waals surface area (Å²) in [7, 11) is 0. The maximum Gasteiger partial charge on any atom is 0.109 e. The van der Waals surface area contributed by atoms with Crippen LogP contribution in [0.1, 0.15) is 30.6 Å². The lowest BCUT2D eigenvalue weighted by molar-refractivity contribution is 0.126. The minimum absolute atomic E-state index is 0.116. The molecule has 1 aromatic rings. The number of nitrogens with one attached hydrogen (secondary N) is 1. The number of aliphatic hydroxyl groups is 1. The van der Waals surface area contributed by atoms with Crippen LogP contribution in [-0.2, 0) is 6.42 Å². The number of benzene rings is 1. The van der Waals surface area contributed by atoms with Gasteiger partial charge in [0.1, 0.15) is 4.84 Å². The summed E-state index contributed by atoms with van der Waals surface area (Å²) in [4.78, 5) is 0.822. The Balaban J connectivity index is 2.13. The lowest BCUT2D eigenvalue weighted by atomic mass is 9.98. The minimum atomic E-state index is -0.577. The molecule has 2 rings (SSSR count). The van der Waals surface area contributed by atoms with E-state index in [4.69, 9.17) is 23.2 Å². The maximum absolute atomic E-state index is 10.5. The number of hydrogen-bond acceptors (Lipinski definition) is 3. The van der Waals surface area contributed by atoms with Gasteiger partial charge in [-0.1, -0.05) is 19.1 Å². The smallest absolute Gasteiger partial charge is 0.109 e. The topological polar surface area (TPSA) is 32.3 Å². The molecule has 5 heteroatoms. The van der Waals surface area contributed by atoms with Crippen LogP contribution in [0.3, 0.4) is 0 Å². The van der Waals surface area contributed by atoms with Gasteiger partial charge in [-0.15, -0.1) is 35.0 Å². The Labute approximate surface area is 128 Å². The van der Waals surface area contributed by atoms with Crippen molar-refractivity contribution >= 4 is 35.0 Å². The third-order valence-corrected chi connectivity index (χ3v) is 4.80. The average molecular weight is 320 g/mol. The fourth-order valence-electron chi connectivity index (χ4n) is 2.38. The number of rotatable bonds is 6. The van der Waals surface area contributed by atoms with Gasteiger partial charge in [-0.25, -0.2) is 0 Å². The molecule has 2 atom stereocenters. The van der Waals surface area contributed by atoms with Crippen LogP contribution in [0.2, 0.25) is 0 Å². The summed E-state index contributed by atoms with van der Waals surface area (Å²) in [6, 6.07) is 6.11. The summed E-state index contributed by atoms with van der Waals surface area (Å²) in [5.41, 5.74) is 2.32. The van der Waals surface area contributed by atoms with Crippen molar-refractivity contribution in [3.63, 3.8) is 0 Å². The predicted molar refractivity (Wildman–Crippen MR) is 83.4 cm³/mol. The Kier molecular flexibility index (Phi) is 5.85. The first-order valence-corrected chi connectivity index (χ1v) is 8.43. The molecule has 0 saturated heterocycles. The van der Waals surface area contributed by atoms with Crippen molar-refractivity contribution in [1.82, 2.24) is 5.32 Å². The number of likely N-dealkylation sites (N-methyl/N-ethyl adjacent to an activating group) is 1. The van der Waals surface area contributed by atoms with E-state index >= 15 is 0 Å². The highest BCUT2D eigenvalue weighted by Crippen LogP contribution is 2.34. The highest BCUT2D eigenvalue weighted by atomic mass is 35.5. The van der Waals surface area contributed by atoms with E-state index in [9.17, 15) is 5.11 Å². The molecular formula is C14H19Cl2NOS. The van der Waals surface area contributed by atoms with Crippen LogP contribution >= 0.6 is 35.0 Å². The van der Waals surface area contributed by atoms with Gasteiger partial charge in [0.2, 0.25) is 0 Å². The van der Waals surface area contributed by atoms with E-state index in [0.717, 1.165) is 24.3 Å². The molecule has 0 aromatic heterocycles. The molecule has 0 amide bonds. The number of alkyl halides is 2. The second kappa shape index (κ2) is 7.19. The molecule has 1 aliphatic heterocycles. The van der Waals surface area contributed by atoms with E-state index in [0.29, 0.717) is 6.42 Å². The monoisotopic (exact) mass is 319 g/mol. The molecule has 1 aliphatic rings. The van der Waals surface area contributed by atoms with Gasteiger partial charge in [-0.3, -0.25) is 0 Å². The van der Waals surface area contributed by atoms with Gasteiger partial charge in [0.15, 0.2) is 0 Å². The van der Waals surface area contributed by atoms with Crippen LogP contribution < -0.4 is 5.32 Å². The lowest BCUT2D eigenvalue weighted by Crippen LogP contribution is -2.36. The average Bonchev–Trinajstić information content (AvgIpc) is 2.84. The Morgan fingerprint density at radius 3 is 2.89 bits per heavy atom. The van der Waals surface area contributed by atoms with Crippen molar-refractivity contribution in [2.75, 3.05) is 12.3 Å².